The summed E-state index contributed by atoms with van der Waals surface area (Å²) in [4.78, 5) is 8.50. The average Bonchev–Trinajstić information content (AvgIpc) is 3.00. The molecule has 1 aromatic carbocycles. The molecule has 102 valence electrons. The number of aromatic hydroxyl groups is 2. The van der Waals surface area contributed by atoms with Gasteiger partial charge in [-0.15, -0.1) is 11.3 Å². The molecule has 7 heteroatoms. The number of aromatic nitrogens is 3. The van der Waals surface area contributed by atoms with Gasteiger partial charge in [-0.1, -0.05) is 11.2 Å². The number of rotatable bonds is 3. The third kappa shape index (κ3) is 2.35. The van der Waals surface area contributed by atoms with Crippen molar-refractivity contribution in [2.75, 3.05) is 0 Å². The van der Waals surface area contributed by atoms with E-state index in [4.69, 9.17) is 4.52 Å². The number of aryl methyl sites for hydroxylation is 1. The highest BCUT2D eigenvalue weighted by atomic mass is 32.1. The second-order valence-electron chi connectivity index (χ2n) is 4.25. The molecule has 3 rings (SSSR count). The van der Waals surface area contributed by atoms with Crippen LogP contribution in [0.25, 0.3) is 11.5 Å². The van der Waals surface area contributed by atoms with Gasteiger partial charge in [0.05, 0.1) is 6.42 Å². The standard InChI is InChI=1S/C13H11N3O3S/c1-7-6-20-11(14-7)5-10-15-13(19-16-10)12-8(17)3-2-4-9(12)18/h2-4,6,17-18H,5H2,1H3. The van der Waals surface area contributed by atoms with Gasteiger partial charge in [-0.3, -0.25) is 0 Å². The molecule has 2 aromatic heterocycles. The Hall–Kier alpha value is -2.41. The Morgan fingerprint density at radius 2 is 1.95 bits per heavy atom. The maximum atomic E-state index is 9.75. The van der Waals surface area contributed by atoms with E-state index < -0.39 is 0 Å². The fourth-order valence-corrected chi connectivity index (χ4v) is 2.56. The van der Waals surface area contributed by atoms with Crippen LogP contribution in [-0.4, -0.2) is 25.3 Å². The van der Waals surface area contributed by atoms with Gasteiger partial charge in [-0.25, -0.2) is 4.98 Å². The van der Waals surface area contributed by atoms with Crippen LogP contribution in [0.1, 0.15) is 16.5 Å². The van der Waals surface area contributed by atoms with E-state index in [1.807, 2.05) is 12.3 Å². The van der Waals surface area contributed by atoms with Crippen LogP contribution in [0, 0.1) is 6.92 Å². The summed E-state index contributed by atoms with van der Waals surface area (Å²) < 4.78 is 5.09. The van der Waals surface area contributed by atoms with Crippen LogP contribution >= 0.6 is 11.3 Å². The first-order valence-corrected chi connectivity index (χ1v) is 6.76. The number of phenols is 2. The van der Waals surface area contributed by atoms with Gasteiger partial charge in [-0.05, 0) is 19.1 Å². The van der Waals surface area contributed by atoms with Crippen LogP contribution < -0.4 is 0 Å². The maximum absolute atomic E-state index is 9.75. The van der Waals surface area contributed by atoms with E-state index in [2.05, 4.69) is 15.1 Å². The van der Waals surface area contributed by atoms with Crippen LogP contribution in [0.5, 0.6) is 11.5 Å². The second-order valence-corrected chi connectivity index (χ2v) is 5.19. The molecule has 0 aliphatic heterocycles. The van der Waals surface area contributed by atoms with Gasteiger partial charge in [-0.2, -0.15) is 4.98 Å². The smallest absolute Gasteiger partial charge is 0.265 e. The molecule has 6 nitrogen and oxygen atoms in total. The monoisotopic (exact) mass is 289 g/mol. The zero-order valence-corrected chi connectivity index (χ0v) is 11.4. The molecule has 0 bridgehead atoms. The fourth-order valence-electron chi connectivity index (χ4n) is 1.79. The predicted octanol–water partition coefficient (Wildman–Crippen LogP) is 2.50. The Morgan fingerprint density at radius 1 is 1.20 bits per heavy atom. The van der Waals surface area contributed by atoms with E-state index >= 15 is 0 Å². The van der Waals surface area contributed by atoms with Crippen LogP contribution in [0.2, 0.25) is 0 Å². The van der Waals surface area contributed by atoms with E-state index in [9.17, 15) is 10.2 Å². The van der Waals surface area contributed by atoms with Crippen molar-refractivity contribution in [1.82, 2.24) is 15.1 Å². The van der Waals surface area contributed by atoms with Crippen molar-refractivity contribution in [2.24, 2.45) is 0 Å². The van der Waals surface area contributed by atoms with Crippen molar-refractivity contribution in [2.45, 2.75) is 13.3 Å². The summed E-state index contributed by atoms with van der Waals surface area (Å²) in [5.74, 6) is 0.330. The van der Waals surface area contributed by atoms with Gasteiger partial charge in [0.15, 0.2) is 5.82 Å². The second kappa shape index (κ2) is 4.93. The van der Waals surface area contributed by atoms with Crippen molar-refractivity contribution in [3.05, 3.63) is 40.1 Å². The van der Waals surface area contributed by atoms with E-state index in [1.54, 1.807) is 0 Å². The number of benzene rings is 1. The normalized spacial score (nSPS) is 10.8. The van der Waals surface area contributed by atoms with E-state index in [1.165, 1.54) is 29.5 Å². The average molecular weight is 289 g/mol. The third-order valence-electron chi connectivity index (χ3n) is 2.68. The zero-order chi connectivity index (χ0) is 14.1. The molecule has 3 aromatic rings. The first-order chi connectivity index (χ1) is 9.63. The van der Waals surface area contributed by atoms with Gasteiger partial charge < -0.3 is 14.7 Å². The van der Waals surface area contributed by atoms with Gasteiger partial charge in [0.25, 0.3) is 5.89 Å². The highest BCUT2D eigenvalue weighted by molar-refractivity contribution is 7.09. The van der Waals surface area contributed by atoms with Gasteiger partial charge in [0, 0.05) is 11.1 Å². The summed E-state index contributed by atoms with van der Waals surface area (Å²) in [6, 6.07) is 4.43. The van der Waals surface area contributed by atoms with Crippen LogP contribution in [0.15, 0.2) is 28.1 Å². The Morgan fingerprint density at radius 3 is 2.60 bits per heavy atom. The minimum absolute atomic E-state index is 0.0869. The number of hydrogen-bond donors (Lipinski definition) is 2. The molecule has 0 radical (unpaired) electrons. The number of thiazole rings is 1. The van der Waals surface area contributed by atoms with Crippen molar-refractivity contribution in [3.8, 4) is 23.0 Å². The molecule has 0 unspecified atom stereocenters. The predicted molar refractivity (Wildman–Crippen MR) is 72.7 cm³/mol. The highest BCUT2D eigenvalue weighted by Gasteiger charge is 2.17. The Kier molecular flexibility index (Phi) is 3.11. The Labute approximate surface area is 118 Å². The number of phenolic OH excluding ortho intramolecular Hbond substituents is 2. The molecule has 2 N–H and O–H groups in total. The van der Waals surface area contributed by atoms with E-state index in [0.717, 1.165) is 10.7 Å². The molecular formula is C13H11N3O3S. The molecule has 0 fully saturated rings. The molecule has 0 saturated carbocycles. The highest BCUT2D eigenvalue weighted by Crippen LogP contribution is 2.35. The first-order valence-electron chi connectivity index (χ1n) is 5.88. The summed E-state index contributed by atoms with van der Waals surface area (Å²) in [6.07, 6.45) is 0.455. The number of hydrogen-bond acceptors (Lipinski definition) is 7. The summed E-state index contributed by atoms with van der Waals surface area (Å²) in [5.41, 5.74) is 1.09. The minimum Gasteiger partial charge on any atom is -0.507 e. The summed E-state index contributed by atoms with van der Waals surface area (Å²) >= 11 is 1.52. The fraction of sp³-hybridized carbons (Fsp3) is 0.154. The quantitative estimate of drug-likeness (QED) is 0.769. The van der Waals surface area contributed by atoms with E-state index in [-0.39, 0.29) is 23.0 Å². The summed E-state index contributed by atoms with van der Waals surface area (Å²) in [6.45, 7) is 1.92. The Bertz CT molecular complexity index is 731. The van der Waals surface area contributed by atoms with Gasteiger partial charge >= 0.3 is 0 Å². The van der Waals surface area contributed by atoms with Crippen molar-refractivity contribution >= 4 is 11.3 Å². The van der Waals surface area contributed by atoms with E-state index in [0.29, 0.717) is 12.2 Å². The molecule has 0 atom stereocenters. The SMILES string of the molecule is Cc1csc(Cc2noc(-c3c(O)cccc3O)n2)n1. The molecular weight excluding hydrogens is 278 g/mol. The van der Waals surface area contributed by atoms with Crippen molar-refractivity contribution in [3.63, 3.8) is 0 Å². The van der Waals surface area contributed by atoms with Crippen molar-refractivity contribution in [1.29, 1.82) is 0 Å². The van der Waals surface area contributed by atoms with Crippen LogP contribution in [0.3, 0.4) is 0 Å². The lowest BCUT2D eigenvalue weighted by molar-refractivity contribution is 0.410. The van der Waals surface area contributed by atoms with Gasteiger partial charge in [0.2, 0.25) is 0 Å². The summed E-state index contributed by atoms with van der Waals surface area (Å²) in [7, 11) is 0. The Balaban J connectivity index is 1.90. The molecule has 0 spiro atoms. The third-order valence-corrected chi connectivity index (χ3v) is 3.64. The van der Waals surface area contributed by atoms with Crippen LogP contribution in [-0.2, 0) is 6.42 Å². The molecule has 0 amide bonds. The number of nitrogens with zero attached hydrogens (tertiary/aromatic N) is 3. The molecule has 2 heterocycles. The first kappa shape index (κ1) is 12.6. The van der Waals surface area contributed by atoms with Gasteiger partial charge in [0.1, 0.15) is 22.1 Å². The van der Waals surface area contributed by atoms with Crippen LogP contribution in [0.4, 0.5) is 0 Å². The minimum atomic E-state index is -0.106. The molecule has 0 aliphatic carbocycles. The molecule has 0 aliphatic rings. The molecule has 0 saturated heterocycles. The maximum Gasteiger partial charge on any atom is 0.265 e. The topological polar surface area (TPSA) is 92.3 Å². The lowest BCUT2D eigenvalue weighted by atomic mass is 10.2. The summed E-state index contributed by atoms with van der Waals surface area (Å²) in [5, 5.41) is 26.2. The largest absolute Gasteiger partial charge is 0.507 e. The van der Waals surface area contributed by atoms with Crippen molar-refractivity contribution < 1.29 is 14.7 Å². The lowest BCUT2D eigenvalue weighted by Gasteiger charge is -2.00. The lowest BCUT2D eigenvalue weighted by Crippen LogP contribution is -1.90. The zero-order valence-electron chi connectivity index (χ0n) is 10.6. The molecule has 20 heavy (non-hydrogen) atoms.